The number of carbonyl (C=O) groups is 1. The van der Waals surface area contributed by atoms with E-state index in [9.17, 15) is 4.79 Å². The van der Waals surface area contributed by atoms with E-state index >= 15 is 0 Å². The number of ether oxygens (including phenoxy) is 1. The van der Waals surface area contributed by atoms with Gasteiger partial charge in [-0.3, -0.25) is 14.7 Å². The van der Waals surface area contributed by atoms with Crippen LogP contribution < -0.4 is 0 Å². The quantitative estimate of drug-likeness (QED) is 0.692. The van der Waals surface area contributed by atoms with Gasteiger partial charge >= 0.3 is 0 Å². The molecule has 5 heteroatoms. The third kappa shape index (κ3) is 3.17. The molecule has 3 heterocycles. The molecule has 28 heavy (non-hydrogen) atoms. The summed E-state index contributed by atoms with van der Waals surface area (Å²) in [7, 11) is 0. The molecule has 0 radical (unpaired) electrons. The number of benzene rings is 1. The van der Waals surface area contributed by atoms with Gasteiger partial charge in [0.15, 0.2) is 5.78 Å². The summed E-state index contributed by atoms with van der Waals surface area (Å²) in [5, 5.41) is 0. The minimum Gasteiger partial charge on any atom is -0.463 e. The molecular weight excluding hydrogens is 352 g/mol. The van der Waals surface area contributed by atoms with Crippen LogP contribution in [0.1, 0.15) is 27.9 Å². The number of ketones is 1. The van der Waals surface area contributed by atoms with Gasteiger partial charge in [-0.05, 0) is 29.7 Å². The summed E-state index contributed by atoms with van der Waals surface area (Å²) >= 11 is 0. The largest absolute Gasteiger partial charge is 0.463 e. The predicted octanol–water partition coefficient (Wildman–Crippen LogP) is 3.97. The number of hydrogen-bond acceptors (Lipinski definition) is 5. The van der Waals surface area contributed by atoms with Crippen LogP contribution in [0.2, 0.25) is 0 Å². The van der Waals surface area contributed by atoms with Gasteiger partial charge in [0, 0.05) is 60.7 Å². The van der Waals surface area contributed by atoms with Crippen molar-refractivity contribution in [2.75, 3.05) is 26.3 Å². The fourth-order valence-corrected chi connectivity index (χ4v) is 4.15. The number of fused-ring (bicyclic) bond motifs is 1. The first kappa shape index (κ1) is 17.3. The van der Waals surface area contributed by atoms with Crippen molar-refractivity contribution in [2.45, 2.75) is 19.4 Å². The number of Topliss-reactive ketones (excluding diaryl/α,β-unsaturated/α-hetero) is 1. The Balaban J connectivity index is 1.59. The molecule has 2 aromatic heterocycles. The lowest BCUT2D eigenvalue weighted by atomic mass is 9.95. The molecule has 0 atom stereocenters. The first-order chi connectivity index (χ1) is 13.8. The van der Waals surface area contributed by atoms with Crippen LogP contribution in [0, 0.1) is 0 Å². The zero-order chi connectivity index (χ0) is 18.9. The lowest BCUT2D eigenvalue weighted by molar-refractivity contribution is 0.0342. The molecule has 3 aromatic rings. The minimum atomic E-state index is 0.247. The van der Waals surface area contributed by atoms with E-state index < -0.39 is 0 Å². The van der Waals surface area contributed by atoms with Gasteiger partial charge in [-0.15, -0.1) is 0 Å². The van der Waals surface area contributed by atoms with E-state index in [0.717, 1.165) is 78.4 Å². The highest BCUT2D eigenvalue weighted by molar-refractivity contribution is 6.01. The molecule has 0 amide bonds. The maximum absolute atomic E-state index is 12.0. The van der Waals surface area contributed by atoms with Gasteiger partial charge in [0.25, 0.3) is 0 Å². The van der Waals surface area contributed by atoms with E-state index in [0.29, 0.717) is 6.42 Å². The molecule has 1 aliphatic heterocycles. The summed E-state index contributed by atoms with van der Waals surface area (Å²) in [6.07, 6.45) is 6.87. The lowest BCUT2D eigenvalue weighted by Crippen LogP contribution is -2.35. The van der Waals surface area contributed by atoms with Crippen molar-refractivity contribution in [3.05, 3.63) is 65.7 Å². The van der Waals surface area contributed by atoms with Crippen molar-refractivity contribution in [1.29, 1.82) is 0 Å². The Morgan fingerprint density at radius 2 is 1.82 bits per heavy atom. The fourth-order valence-electron chi connectivity index (χ4n) is 4.15. The number of nitrogens with zero attached hydrogens (tertiary/aromatic N) is 2. The summed E-state index contributed by atoms with van der Waals surface area (Å²) in [5.41, 5.74) is 6.40. The summed E-state index contributed by atoms with van der Waals surface area (Å²) in [4.78, 5) is 18.6. The molecule has 0 saturated carbocycles. The van der Waals surface area contributed by atoms with Crippen molar-refractivity contribution in [3.8, 4) is 22.5 Å². The second kappa shape index (κ2) is 7.34. The number of aromatic nitrogens is 1. The summed E-state index contributed by atoms with van der Waals surface area (Å²) in [6, 6.07) is 10.1. The second-order valence-electron chi connectivity index (χ2n) is 7.38. The first-order valence-electron chi connectivity index (χ1n) is 9.77. The van der Waals surface area contributed by atoms with Crippen molar-refractivity contribution in [1.82, 2.24) is 9.88 Å². The Hall–Kier alpha value is -2.76. The van der Waals surface area contributed by atoms with Crippen LogP contribution in [0.5, 0.6) is 0 Å². The fraction of sp³-hybridized carbons (Fsp3) is 0.304. The Labute approximate surface area is 164 Å². The van der Waals surface area contributed by atoms with Crippen molar-refractivity contribution in [3.63, 3.8) is 0 Å². The van der Waals surface area contributed by atoms with E-state index in [4.69, 9.17) is 9.15 Å². The van der Waals surface area contributed by atoms with Gasteiger partial charge in [-0.25, -0.2) is 0 Å². The van der Waals surface area contributed by atoms with Crippen molar-refractivity contribution < 1.29 is 13.9 Å². The Bertz CT molecular complexity index is 1000. The standard InChI is InChI=1S/C23H22N2O3/c26-21-4-2-17-13-18(1-3-20(17)21)22-19(14-25-9-11-27-12-10-25)15-28-23(22)16-5-7-24-8-6-16/h1,3,5-8,13,15H,2,4,9-12,14H2. The number of furan rings is 1. The molecule has 2 aliphatic rings. The van der Waals surface area contributed by atoms with Gasteiger partial charge in [-0.2, -0.15) is 0 Å². The second-order valence-corrected chi connectivity index (χ2v) is 7.38. The maximum Gasteiger partial charge on any atom is 0.163 e. The molecule has 0 N–H and O–H groups in total. The highest BCUT2D eigenvalue weighted by Gasteiger charge is 2.24. The third-order valence-corrected chi connectivity index (χ3v) is 5.62. The molecule has 1 aliphatic carbocycles. The maximum atomic E-state index is 12.0. The number of carbonyl (C=O) groups excluding carboxylic acids is 1. The third-order valence-electron chi connectivity index (χ3n) is 5.62. The van der Waals surface area contributed by atoms with E-state index in [1.807, 2.05) is 24.5 Å². The van der Waals surface area contributed by atoms with Crippen LogP contribution in [0.4, 0.5) is 0 Å². The molecule has 0 bridgehead atoms. The topological polar surface area (TPSA) is 55.6 Å². The molecule has 0 spiro atoms. The van der Waals surface area contributed by atoms with Gasteiger partial charge in [-0.1, -0.05) is 18.2 Å². The van der Waals surface area contributed by atoms with E-state index in [1.54, 1.807) is 12.4 Å². The van der Waals surface area contributed by atoms with Crippen molar-refractivity contribution in [2.24, 2.45) is 0 Å². The van der Waals surface area contributed by atoms with Crippen LogP contribution in [0.3, 0.4) is 0 Å². The summed E-state index contributed by atoms with van der Waals surface area (Å²) in [5.74, 6) is 1.10. The number of rotatable bonds is 4. The molecule has 1 aromatic carbocycles. The number of aryl methyl sites for hydroxylation is 1. The van der Waals surface area contributed by atoms with Gasteiger partial charge in [0.1, 0.15) is 5.76 Å². The highest BCUT2D eigenvalue weighted by Crippen LogP contribution is 2.39. The Morgan fingerprint density at radius 1 is 1.00 bits per heavy atom. The Morgan fingerprint density at radius 3 is 2.64 bits per heavy atom. The van der Waals surface area contributed by atoms with Crippen LogP contribution >= 0.6 is 0 Å². The van der Waals surface area contributed by atoms with Crippen LogP contribution in [0.15, 0.2) is 53.4 Å². The minimum absolute atomic E-state index is 0.247. The van der Waals surface area contributed by atoms with E-state index in [2.05, 4.69) is 22.0 Å². The lowest BCUT2D eigenvalue weighted by Gasteiger charge is -2.26. The Kier molecular flexibility index (Phi) is 4.55. The molecular formula is C23H22N2O3. The molecule has 142 valence electrons. The van der Waals surface area contributed by atoms with Gasteiger partial charge in [0.05, 0.1) is 19.5 Å². The predicted molar refractivity (Wildman–Crippen MR) is 106 cm³/mol. The molecule has 5 nitrogen and oxygen atoms in total. The normalized spacial score (nSPS) is 17.1. The molecule has 0 unspecified atom stereocenters. The molecule has 1 saturated heterocycles. The average Bonchev–Trinajstić information content (AvgIpc) is 3.33. The number of morpholine rings is 1. The number of pyridine rings is 1. The van der Waals surface area contributed by atoms with Crippen molar-refractivity contribution >= 4 is 5.78 Å². The zero-order valence-electron chi connectivity index (χ0n) is 15.7. The average molecular weight is 374 g/mol. The van der Waals surface area contributed by atoms with Gasteiger partial charge < -0.3 is 9.15 Å². The van der Waals surface area contributed by atoms with Gasteiger partial charge in [0.2, 0.25) is 0 Å². The van der Waals surface area contributed by atoms with Crippen LogP contribution in [0.25, 0.3) is 22.5 Å². The number of hydrogen-bond donors (Lipinski definition) is 0. The first-order valence-corrected chi connectivity index (χ1v) is 9.77. The SMILES string of the molecule is O=C1CCc2cc(-c3c(CN4CCOCC4)coc3-c3ccncc3)ccc21. The molecule has 5 rings (SSSR count). The van der Waals surface area contributed by atoms with E-state index in [1.165, 1.54) is 0 Å². The smallest absolute Gasteiger partial charge is 0.163 e. The van der Waals surface area contributed by atoms with Crippen LogP contribution in [-0.2, 0) is 17.7 Å². The molecule has 1 fully saturated rings. The monoisotopic (exact) mass is 374 g/mol. The summed E-state index contributed by atoms with van der Waals surface area (Å²) in [6.45, 7) is 4.21. The van der Waals surface area contributed by atoms with Crippen LogP contribution in [-0.4, -0.2) is 42.0 Å². The zero-order valence-corrected chi connectivity index (χ0v) is 15.7. The summed E-state index contributed by atoms with van der Waals surface area (Å²) < 4.78 is 11.5. The highest BCUT2D eigenvalue weighted by atomic mass is 16.5. The van der Waals surface area contributed by atoms with E-state index in [-0.39, 0.29) is 5.78 Å².